The lowest BCUT2D eigenvalue weighted by Crippen LogP contribution is -1.97. The predicted octanol–water partition coefficient (Wildman–Crippen LogP) is 2.20. The summed E-state index contributed by atoms with van der Waals surface area (Å²) < 4.78 is 0. The Bertz CT molecular complexity index is 451. The van der Waals surface area contributed by atoms with Crippen LogP contribution in [0.1, 0.15) is 10.4 Å². The maximum Gasteiger partial charge on any atom is 0.153 e. The van der Waals surface area contributed by atoms with Crippen molar-refractivity contribution in [1.82, 2.24) is 4.98 Å². The third-order valence-corrected chi connectivity index (χ3v) is 2.58. The van der Waals surface area contributed by atoms with Crippen LogP contribution in [0, 0.1) is 0 Å². The first-order chi connectivity index (χ1) is 6.81. The van der Waals surface area contributed by atoms with Gasteiger partial charge in [-0.15, -0.1) is 0 Å². The monoisotopic (exact) mass is 204 g/mol. The number of hydrogen-bond donors (Lipinski definition) is 1. The van der Waals surface area contributed by atoms with Gasteiger partial charge in [0, 0.05) is 10.9 Å². The maximum absolute atomic E-state index is 10.5. The van der Waals surface area contributed by atoms with E-state index in [1.165, 1.54) is 0 Å². The average Bonchev–Trinajstić information content (AvgIpc) is 2.70. The van der Waals surface area contributed by atoms with Crippen LogP contribution in [0.2, 0.25) is 0 Å². The molecule has 0 saturated carbocycles. The molecule has 4 heteroatoms. The molecular formula is C10H8N2OS. The van der Waals surface area contributed by atoms with Crippen molar-refractivity contribution in [2.75, 3.05) is 5.73 Å². The molecular weight excluding hydrogens is 196 g/mol. The van der Waals surface area contributed by atoms with Gasteiger partial charge < -0.3 is 5.73 Å². The standard InChI is InChI=1S/C10H8N2OS/c11-10-7(5-13)1-2-9(12-10)8-3-4-14-6-8/h1-6H,(H2,11,12). The molecule has 0 bridgehead atoms. The van der Waals surface area contributed by atoms with Crippen molar-refractivity contribution >= 4 is 23.4 Å². The van der Waals surface area contributed by atoms with E-state index in [4.69, 9.17) is 5.73 Å². The third-order valence-electron chi connectivity index (χ3n) is 1.90. The molecule has 0 radical (unpaired) electrons. The first-order valence-electron chi connectivity index (χ1n) is 4.05. The van der Waals surface area contributed by atoms with Crippen molar-refractivity contribution in [1.29, 1.82) is 0 Å². The van der Waals surface area contributed by atoms with Crippen molar-refractivity contribution in [3.63, 3.8) is 0 Å². The molecule has 2 rings (SSSR count). The molecule has 0 atom stereocenters. The van der Waals surface area contributed by atoms with Crippen LogP contribution in [0.3, 0.4) is 0 Å². The lowest BCUT2D eigenvalue weighted by molar-refractivity contribution is 0.112. The van der Waals surface area contributed by atoms with Gasteiger partial charge in [0.05, 0.1) is 11.3 Å². The fourth-order valence-electron chi connectivity index (χ4n) is 1.16. The normalized spacial score (nSPS) is 10.0. The topological polar surface area (TPSA) is 56.0 Å². The molecule has 14 heavy (non-hydrogen) atoms. The van der Waals surface area contributed by atoms with E-state index in [0.29, 0.717) is 11.8 Å². The molecule has 2 aromatic heterocycles. The maximum atomic E-state index is 10.5. The molecule has 2 N–H and O–H groups in total. The molecule has 0 aromatic carbocycles. The number of anilines is 1. The molecule has 0 aliphatic heterocycles. The molecule has 0 spiro atoms. The van der Waals surface area contributed by atoms with Gasteiger partial charge in [-0.05, 0) is 23.6 Å². The zero-order valence-electron chi connectivity index (χ0n) is 7.31. The SMILES string of the molecule is Nc1nc(-c2ccsc2)ccc1C=O. The molecule has 2 heterocycles. The number of carbonyl (C=O) groups is 1. The highest BCUT2D eigenvalue weighted by molar-refractivity contribution is 7.08. The van der Waals surface area contributed by atoms with E-state index in [2.05, 4.69) is 4.98 Å². The van der Waals surface area contributed by atoms with Gasteiger partial charge in [0.2, 0.25) is 0 Å². The number of aromatic nitrogens is 1. The van der Waals surface area contributed by atoms with E-state index in [-0.39, 0.29) is 5.82 Å². The average molecular weight is 204 g/mol. The summed E-state index contributed by atoms with van der Waals surface area (Å²) in [7, 11) is 0. The number of carbonyl (C=O) groups excluding carboxylic acids is 1. The van der Waals surface area contributed by atoms with Crippen LogP contribution >= 0.6 is 11.3 Å². The van der Waals surface area contributed by atoms with Crippen LogP contribution in [0.4, 0.5) is 5.82 Å². The van der Waals surface area contributed by atoms with Gasteiger partial charge >= 0.3 is 0 Å². The van der Waals surface area contributed by atoms with Gasteiger partial charge in [-0.25, -0.2) is 4.98 Å². The molecule has 70 valence electrons. The minimum atomic E-state index is 0.281. The smallest absolute Gasteiger partial charge is 0.153 e. The van der Waals surface area contributed by atoms with Gasteiger partial charge in [-0.1, -0.05) is 0 Å². The minimum absolute atomic E-state index is 0.281. The summed E-state index contributed by atoms with van der Waals surface area (Å²) in [6.45, 7) is 0. The fraction of sp³-hybridized carbons (Fsp3) is 0. The van der Waals surface area contributed by atoms with Crippen LogP contribution < -0.4 is 5.73 Å². The second kappa shape index (κ2) is 3.59. The zero-order valence-corrected chi connectivity index (χ0v) is 8.12. The van der Waals surface area contributed by atoms with Crippen LogP contribution in [0.25, 0.3) is 11.3 Å². The minimum Gasteiger partial charge on any atom is -0.383 e. The molecule has 0 unspecified atom stereocenters. The van der Waals surface area contributed by atoms with Crippen molar-refractivity contribution < 1.29 is 4.79 Å². The highest BCUT2D eigenvalue weighted by atomic mass is 32.1. The van der Waals surface area contributed by atoms with Crippen LogP contribution in [0.5, 0.6) is 0 Å². The van der Waals surface area contributed by atoms with Crippen molar-refractivity contribution in [3.05, 3.63) is 34.5 Å². The summed E-state index contributed by atoms with van der Waals surface area (Å²) in [4.78, 5) is 14.6. The lowest BCUT2D eigenvalue weighted by atomic mass is 10.2. The van der Waals surface area contributed by atoms with Gasteiger partial charge in [-0.3, -0.25) is 4.79 Å². The Balaban J connectivity index is 2.48. The summed E-state index contributed by atoms with van der Waals surface area (Å²) in [5.41, 5.74) is 7.86. The molecule has 0 amide bonds. The summed E-state index contributed by atoms with van der Waals surface area (Å²) in [5, 5.41) is 3.96. The zero-order chi connectivity index (χ0) is 9.97. The Hall–Kier alpha value is -1.68. The molecule has 3 nitrogen and oxygen atoms in total. The summed E-state index contributed by atoms with van der Waals surface area (Å²) in [6.07, 6.45) is 0.708. The molecule has 0 saturated heterocycles. The fourth-order valence-corrected chi connectivity index (χ4v) is 1.81. The van der Waals surface area contributed by atoms with E-state index in [1.807, 2.05) is 16.8 Å². The van der Waals surface area contributed by atoms with Gasteiger partial charge in [0.25, 0.3) is 0 Å². The number of nitrogen functional groups attached to an aromatic ring is 1. The van der Waals surface area contributed by atoms with Crippen molar-refractivity contribution in [2.45, 2.75) is 0 Å². The van der Waals surface area contributed by atoms with Crippen molar-refractivity contribution in [3.8, 4) is 11.3 Å². The van der Waals surface area contributed by atoms with Gasteiger partial charge in [-0.2, -0.15) is 11.3 Å². The number of pyridine rings is 1. The Morgan fingerprint density at radius 3 is 2.79 bits per heavy atom. The van der Waals surface area contributed by atoms with Crippen LogP contribution in [-0.2, 0) is 0 Å². The number of rotatable bonds is 2. The second-order valence-corrected chi connectivity index (χ2v) is 3.58. The molecule has 0 fully saturated rings. The number of nitrogens with two attached hydrogens (primary N) is 1. The first kappa shape index (κ1) is 8.90. The highest BCUT2D eigenvalue weighted by Crippen LogP contribution is 2.21. The number of thiophene rings is 1. The molecule has 2 aromatic rings. The van der Waals surface area contributed by atoms with E-state index in [0.717, 1.165) is 11.3 Å². The number of hydrogen-bond acceptors (Lipinski definition) is 4. The number of nitrogens with zero attached hydrogens (tertiary/aromatic N) is 1. The lowest BCUT2D eigenvalue weighted by Gasteiger charge is -2.00. The van der Waals surface area contributed by atoms with Crippen molar-refractivity contribution in [2.24, 2.45) is 0 Å². The van der Waals surface area contributed by atoms with Crippen LogP contribution in [-0.4, -0.2) is 11.3 Å². The Labute approximate surface area is 85.2 Å². The van der Waals surface area contributed by atoms with E-state index in [1.54, 1.807) is 23.5 Å². The summed E-state index contributed by atoms with van der Waals surface area (Å²) in [6, 6.07) is 5.44. The second-order valence-electron chi connectivity index (χ2n) is 2.80. The number of aldehydes is 1. The Morgan fingerprint density at radius 2 is 2.21 bits per heavy atom. The largest absolute Gasteiger partial charge is 0.383 e. The van der Waals surface area contributed by atoms with E-state index >= 15 is 0 Å². The summed E-state index contributed by atoms with van der Waals surface area (Å²) in [5.74, 6) is 0.281. The predicted molar refractivity (Wildman–Crippen MR) is 57.3 cm³/mol. The third kappa shape index (κ3) is 1.52. The molecule has 0 aliphatic rings. The Morgan fingerprint density at radius 1 is 1.36 bits per heavy atom. The highest BCUT2D eigenvalue weighted by Gasteiger charge is 2.03. The van der Waals surface area contributed by atoms with E-state index < -0.39 is 0 Å². The quantitative estimate of drug-likeness (QED) is 0.763. The van der Waals surface area contributed by atoms with Crippen LogP contribution in [0.15, 0.2) is 29.0 Å². The summed E-state index contributed by atoms with van der Waals surface area (Å²) >= 11 is 1.60. The van der Waals surface area contributed by atoms with Gasteiger partial charge in [0.1, 0.15) is 5.82 Å². The van der Waals surface area contributed by atoms with Gasteiger partial charge in [0.15, 0.2) is 6.29 Å². The Kier molecular flexibility index (Phi) is 2.28. The van der Waals surface area contributed by atoms with E-state index in [9.17, 15) is 4.79 Å². The first-order valence-corrected chi connectivity index (χ1v) is 5.00. The molecule has 0 aliphatic carbocycles.